The molecule has 3 aromatic rings. The molecular weight excluding hydrogens is 524 g/mol. The molecule has 1 aliphatic heterocycles. The highest BCUT2D eigenvalue weighted by Gasteiger charge is 2.31. The molecule has 0 aliphatic carbocycles. The smallest absolute Gasteiger partial charge is 0.261 e. The van der Waals surface area contributed by atoms with Crippen molar-refractivity contribution in [2.24, 2.45) is 5.92 Å². The number of carbonyl (C=O) groups is 1. The van der Waals surface area contributed by atoms with Crippen LogP contribution in [0.1, 0.15) is 18.4 Å². The van der Waals surface area contributed by atoms with Gasteiger partial charge in [0.1, 0.15) is 11.6 Å². The number of benzene rings is 3. The summed E-state index contributed by atoms with van der Waals surface area (Å²) in [5.41, 5.74) is 0.696. The molecule has 0 bridgehead atoms. The molecule has 1 saturated heterocycles. The molecule has 1 fully saturated rings. The van der Waals surface area contributed by atoms with Gasteiger partial charge in [0.15, 0.2) is 0 Å². The van der Waals surface area contributed by atoms with Gasteiger partial charge in [0.2, 0.25) is 15.9 Å². The number of halogens is 2. The Morgan fingerprint density at radius 2 is 1.43 bits per heavy atom. The van der Waals surface area contributed by atoms with Gasteiger partial charge in [-0.2, -0.15) is 0 Å². The fraction of sp³-hybridized carbons (Fsp3) is 0.240. The number of rotatable bonds is 8. The summed E-state index contributed by atoms with van der Waals surface area (Å²) >= 11 is 0. The van der Waals surface area contributed by atoms with E-state index in [1.807, 2.05) is 0 Å². The zero-order valence-corrected chi connectivity index (χ0v) is 21.2. The van der Waals surface area contributed by atoms with E-state index < -0.39 is 43.4 Å². The van der Waals surface area contributed by atoms with E-state index in [1.165, 1.54) is 58.9 Å². The number of amides is 1. The number of carbonyl (C=O) groups excluding carboxylic acids is 1. The second-order valence-electron chi connectivity index (χ2n) is 8.65. The molecule has 0 spiro atoms. The molecule has 1 amide bonds. The number of nitrogens with zero attached hydrogens (tertiary/aromatic N) is 1. The summed E-state index contributed by atoms with van der Waals surface area (Å²) in [4.78, 5) is 12.7. The van der Waals surface area contributed by atoms with Crippen molar-refractivity contribution in [1.82, 2.24) is 4.31 Å². The van der Waals surface area contributed by atoms with Crippen LogP contribution in [0.2, 0.25) is 0 Å². The molecule has 37 heavy (non-hydrogen) atoms. The van der Waals surface area contributed by atoms with E-state index in [0.717, 1.165) is 12.1 Å². The monoisotopic (exact) mass is 549 g/mol. The Hall–Kier alpha value is -3.35. The third-order valence-electron chi connectivity index (χ3n) is 6.04. The summed E-state index contributed by atoms with van der Waals surface area (Å²) in [6, 6.07) is 16.2. The van der Waals surface area contributed by atoms with Crippen LogP contribution in [0.4, 0.5) is 20.2 Å². The first kappa shape index (κ1) is 26.7. The van der Waals surface area contributed by atoms with Crippen LogP contribution in [0.3, 0.4) is 0 Å². The number of nitrogens with one attached hydrogen (secondary N) is 2. The molecule has 3 aromatic carbocycles. The number of hydrogen-bond donors (Lipinski definition) is 2. The van der Waals surface area contributed by atoms with Crippen molar-refractivity contribution < 1.29 is 30.4 Å². The van der Waals surface area contributed by atoms with Gasteiger partial charge in [-0.1, -0.05) is 18.2 Å². The van der Waals surface area contributed by atoms with Crippen LogP contribution >= 0.6 is 0 Å². The van der Waals surface area contributed by atoms with Gasteiger partial charge in [0.05, 0.1) is 10.6 Å². The van der Waals surface area contributed by atoms with Crippen molar-refractivity contribution in [2.75, 3.05) is 23.1 Å². The third kappa shape index (κ3) is 6.70. The average molecular weight is 550 g/mol. The molecule has 1 aliphatic rings. The van der Waals surface area contributed by atoms with Gasteiger partial charge in [-0.15, -0.1) is 0 Å². The lowest BCUT2D eigenvalue weighted by Crippen LogP contribution is -2.42. The first-order chi connectivity index (χ1) is 17.5. The van der Waals surface area contributed by atoms with Crippen LogP contribution in [0.15, 0.2) is 77.7 Å². The predicted octanol–water partition coefficient (Wildman–Crippen LogP) is 3.95. The topological polar surface area (TPSA) is 113 Å². The van der Waals surface area contributed by atoms with Gasteiger partial charge in [-0.25, -0.2) is 29.9 Å². The first-order valence-corrected chi connectivity index (χ1v) is 14.5. The lowest BCUT2D eigenvalue weighted by atomic mass is 9.97. The first-order valence-electron chi connectivity index (χ1n) is 11.4. The average Bonchev–Trinajstić information content (AvgIpc) is 2.87. The zero-order chi connectivity index (χ0) is 26.6. The molecule has 12 heteroatoms. The molecule has 0 aromatic heterocycles. The summed E-state index contributed by atoms with van der Waals surface area (Å²) in [5, 5.41) is 2.73. The quantitative estimate of drug-likeness (QED) is 0.442. The second kappa shape index (κ2) is 11.0. The Labute approximate surface area is 214 Å². The highest BCUT2D eigenvalue weighted by Crippen LogP contribution is 2.24. The highest BCUT2D eigenvalue weighted by atomic mass is 32.2. The molecule has 0 saturated carbocycles. The SMILES string of the molecule is O=C(Nc1ccc(S(=O)(=O)Nc2ccc(F)cc2)cc1)C1CCN(S(=O)(=O)Cc2ccccc2F)CC1. The fourth-order valence-corrected chi connectivity index (χ4v) is 6.63. The minimum Gasteiger partial charge on any atom is -0.326 e. The van der Waals surface area contributed by atoms with Crippen molar-refractivity contribution >= 4 is 37.3 Å². The van der Waals surface area contributed by atoms with E-state index in [2.05, 4.69) is 10.0 Å². The minimum absolute atomic E-state index is 0.0387. The van der Waals surface area contributed by atoms with Crippen molar-refractivity contribution in [3.05, 3.63) is 90.0 Å². The molecule has 1 heterocycles. The Kier molecular flexibility index (Phi) is 7.90. The molecule has 0 radical (unpaired) electrons. The van der Waals surface area contributed by atoms with Crippen LogP contribution in [0.25, 0.3) is 0 Å². The molecule has 2 N–H and O–H groups in total. The van der Waals surface area contributed by atoms with Crippen LogP contribution in [0, 0.1) is 17.6 Å². The number of anilines is 2. The van der Waals surface area contributed by atoms with E-state index >= 15 is 0 Å². The Balaban J connectivity index is 1.31. The maximum atomic E-state index is 13.9. The van der Waals surface area contributed by atoms with Gasteiger partial charge in [-0.05, 0) is 67.4 Å². The third-order valence-corrected chi connectivity index (χ3v) is 9.27. The van der Waals surface area contributed by atoms with Crippen LogP contribution in [-0.4, -0.2) is 40.1 Å². The van der Waals surface area contributed by atoms with E-state index in [1.54, 1.807) is 6.07 Å². The zero-order valence-electron chi connectivity index (χ0n) is 19.6. The maximum absolute atomic E-state index is 13.9. The van der Waals surface area contributed by atoms with Crippen LogP contribution in [-0.2, 0) is 30.6 Å². The van der Waals surface area contributed by atoms with Crippen molar-refractivity contribution in [3.8, 4) is 0 Å². The summed E-state index contributed by atoms with van der Waals surface area (Å²) in [6.45, 7) is 0.280. The van der Waals surface area contributed by atoms with E-state index in [9.17, 15) is 30.4 Å². The predicted molar refractivity (Wildman–Crippen MR) is 136 cm³/mol. The molecule has 0 atom stereocenters. The largest absolute Gasteiger partial charge is 0.326 e. The van der Waals surface area contributed by atoms with E-state index in [0.29, 0.717) is 18.5 Å². The number of hydrogen-bond acceptors (Lipinski definition) is 5. The standard InChI is InChI=1S/C25H25F2N3O5S2/c26-20-5-7-22(8-6-20)29-37(34,35)23-11-9-21(10-12-23)28-25(31)18-13-15-30(16-14-18)36(32,33)17-19-3-1-2-4-24(19)27/h1-12,18,29H,13-17H2,(H,28,31). The minimum atomic E-state index is -3.91. The maximum Gasteiger partial charge on any atom is 0.261 e. The number of piperidine rings is 1. The van der Waals surface area contributed by atoms with Crippen LogP contribution < -0.4 is 10.0 Å². The summed E-state index contributed by atoms with van der Waals surface area (Å²) in [7, 11) is -7.64. The van der Waals surface area contributed by atoms with Crippen LogP contribution in [0.5, 0.6) is 0 Å². The van der Waals surface area contributed by atoms with Crippen molar-refractivity contribution in [1.29, 1.82) is 0 Å². The van der Waals surface area contributed by atoms with Gasteiger partial charge < -0.3 is 5.32 Å². The van der Waals surface area contributed by atoms with E-state index in [4.69, 9.17) is 0 Å². The van der Waals surface area contributed by atoms with Gasteiger partial charge in [0, 0.05) is 35.9 Å². The Morgan fingerprint density at radius 1 is 0.838 bits per heavy atom. The van der Waals surface area contributed by atoms with Gasteiger partial charge in [0.25, 0.3) is 10.0 Å². The second-order valence-corrected chi connectivity index (χ2v) is 12.3. The summed E-state index contributed by atoms with van der Waals surface area (Å²) in [5.74, 6) is -2.24. The molecule has 0 unspecified atom stereocenters. The van der Waals surface area contributed by atoms with Gasteiger partial charge in [-0.3, -0.25) is 9.52 Å². The lowest BCUT2D eigenvalue weighted by molar-refractivity contribution is -0.120. The summed E-state index contributed by atoms with van der Waals surface area (Å²) < 4.78 is 81.0. The molecule has 8 nitrogen and oxygen atoms in total. The van der Waals surface area contributed by atoms with E-state index in [-0.39, 0.29) is 35.1 Å². The van der Waals surface area contributed by atoms with Crippen molar-refractivity contribution in [3.63, 3.8) is 0 Å². The lowest BCUT2D eigenvalue weighted by Gasteiger charge is -2.30. The molecular formula is C25H25F2N3O5S2. The molecule has 4 rings (SSSR count). The highest BCUT2D eigenvalue weighted by molar-refractivity contribution is 7.92. The summed E-state index contributed by atoms with van der Waals surface area (Å²) in [6.07, 6.45) is 0.604. The van der Waals surface area contributed by atoms with Crippen molar-refractivity contribution in [2.45, 2.75) is 23.5 Å². The Morgan fingerprint density at radius 3 is 2.05 bits per heavy atom. The Bertz CT molecular complexity index is 1470. The molecule has 196 valence electrons. The number of sulfonamides is 2. The normalized spacial score (nSPS) is 15.3. The fourth-order valence-electron chi connectivity index (χ4n) is 3.99. The van der Waals surface area contributed by atoms with Gasteiger partial charge >= 0.3 is 0 Å².